The van der Waals surface area contributed by atoms with E-state index in [1.54, 1.807) is 30.3 Å². The fourth-order valence-electron chi connectivity index (χ4n) is 3.71. The Labute approximate surface area is 256 Å². The number of ether oxygens (including phenoxy) is 5. The Morgan fingerprint density at radius 2 is 1.32 bits per heavy atom. The molecule has 0 aromatic heterocycles. The van der Waals surface area contributed by atoms with Crippen LogP contribution in [-0.2, 0) is 28.6 Å². The second-order valence-corrected chi connectivity index (χ2v) is 9.28. The van der Waals surface area contributed by atoms with Gasteiger partial charge in [0.1, 0.15) is 24.7 Å². The van der Waals surface area contributed by atoms with E-state index in [1.807, 2.05) is 48.5 Å². The third-order valence-corrected chi connectivity index (χ3v) is 6.09. The highest BCUT2D eigenvalue weighted by Gasteiger charge is 2.13. The highest BCUT2D eigenvalue weighted by Crippen LogP contribution is 2.23. The van der Waals surface area contributed by atoms with Crippen LogP contribution >= 0.6 is 0 Å². The fourth-order valence-corrected chi connectivity index (χ4v) is 3.71. The lowest BCUT2D eigenvalue weighted by Crippen LogP contribution is -2.15. The van der Waals surface area contributed by atoms with Crippen LogP contribution in [0.25, 0.3) is 17.2 Å². The van der Waals surface area contributed by atoms with Crippen molar-refractivity contribution >= 4 is 29.8 Å². The van der Waals surface area contributed by atoms with Gasteiger partial charge in [-0.2, -0.15) is 0 Å². The molecule has 0 N–H and O–H groups in total. The van der Waals surface area contributed by atoms with Gasteiger partial charge in [-0.1, -0.05) is 55.6 Å². The van der Waals surface area contributed by atoms with Crippen LogP contribution in [-0.4, -0.2) is 57.2 Å². The molecule has 0 heterocycles. The lowest BCUT2D eigenvalue weighted by atomic mass is 10.0. The summed E-state index contributed by atoms with van der Waals surface area (Å²) in [6.07, 6.45) is 4.74. The standard InChI is InChI=1S/C35H34O9/c1-4-33(37)43-21-5-20-41-30-15-11-28(12-16-30)27-9-6-26(7-10-27)8-19-32(36)29-13-17-31(18-14-29)42-22-23-44-35(39)25(2)24-34(38)40-3/h4,6-19H,1-2,5,20-24H2,3H3/b19-8+. The van der Waals surface area contributed by atoms with Crippen molar-refractivity contribution in [2.45, 2.75) is 12.8 Å². The van der Waals surface area contributed by atoms with E-state index < -0.39 is 17.9 Å². The lowest BCUT2D eigenvalue weighted by Gasteiger charge is -2.08. The molecular weight excluding hydrogens is 564 g/mol. The molecule has 0 saturated carbocycles. The van der Waals surface area contributed by atoms with Crippen LogP contribution in [0.5, 0.6) is 11.5 Å². The molecule has 0 bridgehead atoms. The Morgan fingerprint density at radius 3 is 1.93 bits per heavy atom. The molecular formula is C35H34O9. The average molecular weight is 599 g/mol. The highest BCUT2D eigenvalue weighted by molar-refractivity contribution is 6.06. The van der Waals surface area contributed by atoms with Gasteiger partial charge in [0, 0.05) is 23.6 Å². The average Bonchev–Trinajstić information content (AvgIpc) is 3.05. The molecule has 0 aliphatic rings. The number of methoxy groups -OCH3 is 1. The number of esters is 3. The van der Waals surface area contributed by atoms with Crippen molar-refractivity contribution in [3.05, 3.63) is 115 Å². The van der Waals surface area contributed by atoms with Gasteiger partial charge in [-0.15, -0.1) is 0 Å². The van der Waals surface area contributed by atoms with Gasteiger partial charge in [-0.25, -0.2) is 9.59 Å². The number of benzene rings is 3. The van der Waals surface area contributed by atoms with Crippen LogP contribution in [0.1, 0.15) is 28.8 Å². The van der Waals surface area contributed by atoms with Crippen LogP contribution in [0.4, 0.5) is 0 Å². The summed E-state index contributed by atoms with van der Waals surface area (Å²) in [4.78, 5) is 46.7. The zero-order valence-corrected chi connectivity index (χ0v) is 24.5. The van der Waals surface area contributed by atoms with Crippen molar-refractivity contribution < 1.29 is 42.9 Å². The van der Waals surface area contributed by atoms with Gasteiger partial charge in [0.2, 0.25) is 0 Å². The maximum Gasteiger partial charge on any atom is 0.334 e. The minimum absolute atomic E-state index is 0.000117. The van der Waals surface area contributed by atoms with Crippen molar-refractivity contribution in [2.24, 2.45) is 0 Å². The first-order chi connectivity index (χ1) is 21.3. The van der Waals surface area contributed by atoms with Crippen molar-refractivity contribution in [2.75, 3.05) is 33.5 Å². The third kappa shape index (κ3) is 11.1. The Morgan fingerprint density at radius 1 is 0.727 bits per heavy atom. The van der Waals surface area contributed by atoms with Crippen molar-refractivity contribution in [3.63, 3.8) is 0 Å². The summed E-state index contributed by atoms with van der Waals surface area (Å²) in [5, 5.41) is 0. The molecule has 0 amide bonds. The lowest BCUT2D eigenvalue weighted by molar-refractivity contribution is -0.144. The van der Waals surface area contributed by atoms with Crippen LogP contribution in [0.15, 0.2) is 104 Å². The zero-order chi connectivity index (χ0) is 31.7. The van der Waals surface area contributed by atoms with Crippen LogP contribution < -0.4 is 9.47 Å². The second kappa shape index (κ2) is 17.5. The monoisotopic (exact) mass is 598 g/mol. The topological polar surface area (TPSA) is 114 Å². The molecule has 3 aromatic carbocycles. The van der Waals surface area contributed by atoms with Gasteiger partial charge in [-0.3, -0.25) is 9.59 Å². The number of hydrogen-bond acceptors (Lipinski definition) is 9. The normalized spacial score (nSPS) is 10.5. The van der Waals surface area contributed by atoms with Gasteiger partial charge < -0.3 is 23.7 Å². The van der Waals surface area contributed by atoms with E-state index in [-0.39, 0.29) is 37.6 Å². The molecule has 0 atom stereocenters. The van der Waals surface area contributed by atoms with Crippen LogP contribution in [0.3, 0.4) is 0 Å². The van der Waals surface area contributed by atoms with E-state index in [2.05, 4.69) is 17.9 Å². The van der Waals surface area contributed by atoms with Crippen LogP contribution in [0.2, 0.25) is 0 Å². The number of carbonyl (C=O) groups is 4. The zero-order valence-electron chi connectivity index (χ0n) is 24.5. The van der Waals surface area contributed by atoms with E-state index in [0.29, 0.717) is 24.3 Å². The minimum atomic E-state index is -0.694. The smallest absolute Gasteiger partial charge is 0.334 e. The number of hydrogen-bond donors (Lipinski definition) is 0. The molecule has 9 heteroatoms. The Bertz CT molecular complexity index is 1470. The molecule has 0 radical (unpaired) electrons. The van der Waals surface area contributed by atoms with E-state index in [1.165, 1.54) is 13.2 Å². The molecule has 0 spiro atoms. The van der Waals surface area contributed by atoms with Gasteiger partial charge in [0.05, 0.1) is 26.7 Å². The summed E-state index contributed by atoms with van der Waals surface area (Å²) in [7, 11) is 1.22. The van der Waals surface area contributed by atoms with E-state index in [0.717, 1.165) is 28.5 Å². The number of rotatable bonds is 17. The van der Waals surface area contributed by atoms with Gasteiger partial charge in [-0.05, 0) is 59.2 Å². The van der Waals surface area contributed by atoms with Crippen molar-refractivity contribution in [1.29, 1.82) is 0 Å². The Hall–Kier alpha value is -5.44. The molecule has 0 unspecified atom stereocenters. The number of carbonyl (C=O) groups excluding carboxylic acids is 4. The third-order valence-electron chi connectivity index (χ3n) is 6.09. The molecule has 9 nitrogen and oxygen atoms in total. The quantitative estimate of drug-likeness (QED) is 0.0626. The largest absolute Gasteiger partial charge is 0.493 e. The fraction of sp³-hybridized carbons (Fsp3) is 0.200. The molecule has 3 aromatic rings. The van der Waals surface area contributed by atoms with Gasteiger partial charge in [0.15, 0.2) is 5.78 Å². The maximum atomic E-state index is 12.6. The SMILES string of the molecule is C=CC(=O)OCCCOc1ccc(-c2ccc(/C=C/C(=O)c3ccc(OCCOC(=O)C(=C)CC(=O)OC)cc3)cc2)cc1. The molecule has 44 heavy (non-hydrogen) atoms. The summed E-state index contributed by atoms with van der Waals surface area (Å²) in [5.74, 6) is -0.636. The summed E-state index contributed by atoms with van der Waals surface area (Å²) < 4.78 is 25.6. The molecule has 0 fully saturated rings. The summed E-state index contributed by atoms with van der Waals surface area (Å²) in [6.45, 7) is 7.63. The van der Waals surface area contributed by atoms with Gasteiger partial charge >= 0.3 is 17.9 Å². The van der Waals surface area contributed by atoms with Crippen LogP contribution in [0, 0.1) is 0 Å². The molecule has 0 aliphatic carbocycles. The molecule has 228 valence electrons. The number of allylic oxidation sites excluding steroid dienone is 1. The molecule has 0 saturated heterocycles. The van der Waals surface area contributed by atoms with E-state index in [9.17, 15) is 19.2 Å². The molecule has 0 aliphatic heterocycles. The molecule has 3 rings (SSSR count). The predicted molar refractivity (Wildman–Crippen MR) is 165 cm³/mol. The van der Waals surface area contributed by atoms with E-state index >= 15 is 0 Å². The summed E-state index contributed by atoms with van der Waals surface area (Å²) in [6, 6.07) is 22.1. The summed E-state index contributed by atoms with van der Waals surface area (Å²) >= 11 is 0. The highest BCUT2D eigenvalue weighted by atomic mass is 16.6. The first kappa shape index (κ1) is 33.1. The summed E-state index contributed by atoms with van der Waals surface area (Å²) in [5.41, 5.74) is 3.42. The Balaban J connectivity index is 1.41. The van der Waals surface area contributed by atoms with Crippen molar-refractivity contribution in [3.8, 4) is 22.6 Å². The number of ketones is 1. The predicted octanol–water partition coefficient (Wildman–Crippen LogP) is 5.79. The maximum absolute atomic E-state index is 12.6. The minimum Gasteiger partial charge on any atom is -0.493 e. The first-order valence-corrected chi connectivity index (χ1v) is 13.8. The van der Waals surface area contributed by atoms with Crippen molar-refractivity contribution in [1.82, 2.24) is 0 Å². The van der Waals surface area contributed by atoms with Gasteiger partial charge in [0.25, 0.3) is 0 Å². The Kier molecular flexibility index (Phi) is 13.2. The first-order valence-electron chi connectivity index (χ1n) is 13.8. The van der Waals surface area contributed by atoms with E-state index in [4.69, 9.17) is 18.9 Å². The second-order valence-electron chi connectivity index (χ2n) is 9.28.